The van der Waals surface area contributed by atoms with E-state index in [1.54, 1.807) is 26.1 Å². The lowest BCUT2D eigenvalue weighted by Gasteiger charge is -2.30. The summed E-state index contributed by atoms with van der Waals surface area (Å²) in [7, 11) is -2.10. The molecule has 160 valence electrons. The minimum Gasteiger partial charge on any atom is -0.337 e. The monoisotopic (exact) mass is 448 g/mol. The van der Waals surface area contributed by atoms with Gasteiger partial charge in [-0.25, -0.2) is 8.42 Å². The molecule has 0 bridgehead atoms. The van der Waals surface area contributed by atoms with Crippen LogP contribution in [0.15, 0.2) is 46.3 Å². The number of hydrogen-bond acceptors (Lipinski definition) is 7. The maximum absolute atomic E-state index is 13.0. The lowest BCUT2D eigenvalue weighted by Crippen LogP contribution is -2.48. The number of aromatic nitrogens is 2. The summed E-state index contributed by atoms with van der Waals surface area (Å²) in [6.07, 6.45) is 1.93. The van der Waals surface area contributed by atoms with Crippen molar-refractivity contribution in [2.24, 2.45) is 0 Å². The second-order valence-corrected chi connectivity index (χ2v) is 9.75. The fourth-order valence-electron chi connectivity index (χ4n) is 3.11. The lowest BCUT2D eigenvalue weighted by molar-refractivity contribution is -0.131. The van der Waals surface area contributed by atoms with Crippen molar-refractivity contribution >= 4 is 33.0 Å². The molecule has 1 atom stereocenters. The smallest absolute Gasteiger partial charge is 0.246 e. The van der Waals surface area contributed by atoms with Crippen LogP contribution in [0, 0.1) is 0 Å². The highest BCUT2D eigenvalue weighted by Crippen LogP contribution is 2.24. The van der Waals surface area contributed by atoms with Crippen LogP contribution in [0.3, 0.4) is 0 Å². The lowest BCUT2D eigenvalue weighted by atomic mass is 10.1. The average molecular weight is 449 g/mol. The number of sulfonamides is 1. The van der Waals surface area contributed by atoms with Crippen molar-refractivity contribution < 1.29 is 17.7 Å². The number of hydrogen-bond donors (Lipinski definition) is 0. The predicted octanol–water partition coefficient (Wildman–Crippen LogP) is 3.17. The van der Waals surface area contributed by atoms with E-state index in [1.165, 1.54) is 16.2 Å². The number of anilines is 1. The Bertz CT molecular complexity index is 1090. The number of benzene rings is 1. The molecule has 0 saturated carbocycles. The first-order chi connectivity index (χ1) is 14.2. The zero-order valence-electron chi connectivity index (χ0n) is 17.3. The van der Waals surface area contributed by atoms with Crippen LogP contribution in [-0.4, -0.2) is 48.7 Å². The van der Waals surface area contributed by atoms with Gasteiger partial charge in [0.15, 0.2) is 0 Å². The molecule has 3 aromatic rings. The molecular formula is C20H24N4O4S2. The van der Waals surface area contributed by atoms with E-state index in [2.05, 4.69) is 10.1 Å². The summed E-state index contributed by atoms with van der Waals surface area (Å²) in [5.41, 5.74) is 1.53. The van der Waals surface area contributed by atoms with Crippen LogP contribution in [0.5, 0.6) is 0 Å². The number of carbonyl (C=O) groups is 1. The van der Waals surface area contributed by atoms with Crippen LogP contribution < -0.4 is 4.31 Å². The molecule has 2 aromatic heterocycles. The fraction of sp³-hybridized carbons (Fsp3) is 0.350. The second-order valence-electron chi connectivity index (χ2n) is 6.94. The Morgan fingerprint density at radius 2 is 1.93 bits per heavy atom. The van der Waals surface area contributed by atoms with Crippen molar-refractivity contribution in [2.45, 2.75) is 32.9 Å². The second kappa shape index (κ2) is 8.97. The number of amides is 1. The molecule has 8 nitrogen and oxygen atoms in total. The van der Waals surface area contributed by atoms with Crippen LogP contribution in [0.1, 0.15) is 25.3 Å². The summed E-state index contributed by atoms with van der Waals surface area (Å²) in [5, 5.41) is 5.85. The van der Waals surface area contributed by atoms with E-state index in [1.807, 2.05) is 36.6 Å². The maximum atomic E-state index is 13.0. The summed E-state index contributed by atoms with van der Waals surface area (Å²) in [5.74, 6) is 0.359. The molecule has 10 heteroatoms. The zero-order chi connectivity index (χ0) is 21.9. The summed E-state index contributed by atoms with van der Waals surface area (Å²) in [4.78, 5) is 19.6. The predicted molar refractivity (Wildman–Crippen MR) is 117 cm³/mol. The maximum Gasteiger partial charge on any atom is 0.246 e. The molecule has 0 N–H and O–H groups in total. The molecule has 0 saturated heterocycles. The highest BCUT2D eigenvalue weighted by molar-refractivity contribution is 7.92. The van der Waals surface area contributed by atoms with E-state index in [-0.39, 0.29) is 18.3 Å². The van der Waals surface area contributed by atoms with Gasteiger partial charge in [-0.2, -0.15) is 4.98 Å². The van der Waals surface area contributed by atoms with Crippen molar-refractivity contribution in [1.82, 2.24) is 15.0 Å². The molecule has 1 amide bonds. The van der Waals surface area contributed by atoms with Crippen LogP contribution in [-0.2, 0) is 27.8 Å². The normalized spacial score (nSPS) is 12.5. The Hall–Kier alpha value is -2.72. The van der Waals surface area contributed by atoms with Crippen LogP contribution in [0.25, 0.3) is 10.7 Å². The molecule has 0 aliphatic heterocycles. The Kier molecular flexibility index (Phi) is 6.57. The van der Waals surface area contributed by atoms with E-state index >= 15 is 0 Å². The van der Waals surface area contributed by atoms with Gasteiger partial charge < -0.3 is 9.42 Å². The molecule has 1 aromatic carbocycles. The van der Waals surface area contributed by atoms with Gasteiger partial charge in [-0.3, -0.25) is 9.10 Å². The number of nitrogens with zero attached hydrogens (tertiary/aromatic N) is 4. The van der Waals surface area contributed by atoms with E-state index in [4.69, 9.17) is 4.52 Å². The molecule has 30 heavy (non-hydrogen) atoms. The van der Waals surface area contributed by atoms with Crippen molar-refractivity contribution in [3.63, 3.8) is 0 Å². The number of rotatable bonds is 8. The van der Waals surface area contributed by atoms with Crippen LogP contribution in [0.4, 0.5) is 5.69 Å². The van der Waals surface area contributed by atoms with Gasteiger partial charge >= 0.3 is 0 Å². The third kappa shape index (κ3) is 4.88. The first-order valence-corrected chi connectivity index (χ1v) is 12.1. The number of carbonyl (C=O) groups excluding carboxylic acids is 1. The van der Waals surface area contributed by atoms with Crippen LogP contribution in [0.2, 0.25) is 0 Å². The molecule has 0 fully saturated rings. The van der Waals surface area contributed by atoms with Crippen molar-refractivity contribution in [2.75, 3.05) is 17.6 Å². The quantitative estimate of drug-likeness (QED) is 0.525. The summed E-state index contributed by atoms with van der Waals surface area (Å²) in [6.45, 7) is 3.66. The van der Waals surface area contributed by atoms with Gasteiger partial charge in [0.2, 0.25) is 27.6 Å². The minimum atomic E-state index is -3.68. The van der Waals surface area contributed by atoms with Gasteiger partial charge in [-0.1, -0.05) is 30.3 Å². The first-order valence-electron chi connectivity index (χ1n) is 9.40. The molecule has 0 radical (unpaired) electrons. The van der Waals surface area contributed by atoms with Gasteiger partial charge in [-0.05, 0) is 42.5 Å². The van der Waals surface area contributed by atoms with Gasteiger partial charge in [0.25, 0.3) is 0 Å². The SMILES string of the molecule is CCc1ccc(N([C@H](C)C(=O)N(C)Cc2nc(-c3cccs3)no2)S(C)(=O)=O)cc1. The van der Waals surface area contributed by atoms with Crippen molar-refractivity contribution in [3.8, 4) is 10.7 Å². The average Bonchev–Trinajstić information content (AvgIpc) is 3.38. The van der Waals surface area contributed by atoms with E-state index in [0.29, 0.717) is 11.5 Å². The standard InChI is InChI=1S/C20H24N4O4S2/c1-5-15-8-10-16(11-9-15)24(30(4,26)27)14(2)20(25)23(3)13-18-21-19(22-28-18)17-7-6-12-29-17/h6-12,14H,5,13H2,1-4H3/t14-/m1/s1. The zero-order valence-corrected chi connectivity index (χ0v) is 18.9. The first kappa shape index (κ1) is 22.0. The van der Waals surface area contributed by atoms with E-state index in [0.717, 1.165) is 27.4 Å². The number of likely N-dealkylation sites (N-methyl/N-ethyl adjacent to an activating group) is 1. The molecule has 0 aliphatic rings. The topological polar surface area (TPSA) is 96.6 Å². The van der Waals surface area contributed by atoms with Crippen molar-refractivity contribution in [3.05, 3.63) is 53.2 Å². The summed E-state index contributed by atoms with van der Waals surface area (Å²) >= 11 is 1.49. The van der Waals surface area contributed by atoms with Gasteiger partial charge in [-0.15, -0.1) is 11.3 Å². The fourth-order valence-corrected chi connectivity index (χ4v) is 4.92. The van der Waals surface area contributed by atoms with Gasteiger partial charge in [0, 0.05) is 7.05 Å². The molecule has 0 aliphatic carbocycles. The third-order valence-corrected chi connectivity index (χ3v) is 6.73. The van der Waals surface area contributed by atoms with Crippen LogP contribution >= 0.6 is 11.3 Å². The molecule has 2 heterocycles. The summed E-state index contributed by atoms with van der Waals surface area (Å²) < 4.78 is 31.3. The Morgan fingerprint density at radius 1 is 1.23 bits per heavy atom. The van der Waals surface area contributed by atoms with Crippen molar-refractivity contribution in [1.29, 1.82) is 0 Å². The highest BCUT2D eigenvalue weighted by atomic mass is 32.2. The number of aryl methyl sites for hydroxylation is 1. The Labute approximate surface area is 180 Å². The minimum absolute atomic E-state index is 0.0773. The molecular weight excluding hydrogens is 424 g/mol. The largest absolute Gasteiger partial charge is 0.337 e. The third-order valence-electron chi connectivity index (χ3n) is 4.62. The summed E-state index contributed by atoms with van der Waals surface area (Å²) in [6, 6.07) is 9.99. The van der Waals surface area contributed by atoms with E-state index in [9.17, 15) is 13.2 Å². The highest BCUT2D eigenvalue weighted by Gasteiger charge is 2.31. The number of thiophene rings is 1. The molecule has 0 spiro atoms. The van der Waals surface area contributed by atoms with Gasteiger partial charge in [0.1, 0.15) is 6.04 Å². The molecule has 0 unspecified atom stereocenters. The van der Waals surface area contributed by atoms with Gasteiger partial charge in [0.05, 0.1) is 23.4 Å². The Morgan fingerprint density at radius 3 is 2.50 bits per heavy atom. The van der Waals surface area contributed by atoms with E-state index < -0.39 is 16.1 Å². The Balaban J connectivity index is 1.77. The molecule has 3 rings (SSSR count).